The van der Waals surface area contributed by atoms with Crippen LogP contribution in [0.25, 0.3) is 0 Å². The van der Waals surface area contributed by atoms with Crippen molar-refractivity contribution in [2.24, 2.45) is 11.8 Å². The molecule has 3 atom stereocenters. The second kappa shape index (κ2) is 6.61. The first-order valence-electron chi connectivity index (χ1n) is 9.22. The lowest BCUT2D eigenvalue weighted by Crippen LogP contribution is -2.43. The molecule has 4 rings (SSSR count). The van der Waals surface area contributed by atoms with Gasteiger partial charge < -0.3 is 15.3 Å². The van der Waals surface area contributed by atoms with Crippen molar-refractivity contribution >= 4 is 17.8 Å². The SMILES string of the molecule is O=C(O)[C@@H]1C[C@H]2CC[C@@H]1N2C(=O)C1CCC(Nc2ncccn2)CC1. The molecular formula is C18H24N4O3. The molecule has 0 aromatic carbocycles. The molecule has 1 aromatic rings. The molecule has 2 bridgehead atoms. The van der Waals surface area contributed by atoms with E-state index >= 15 is 0 Å². The largest absolute Gasteiger partial charge is 0.481 e. The quantitative estimate of drug-likeness (QED) is 0.866. The minimum absolute atomic E-state index is 0.0328. The fourth-order valence-electron chi connectivity index (χ4n) is 4.85. The van der Waals surface area contributed by atoms with Gasteiger partial charge in [0, 0.05) is 36.4 Å². The molecule has 1 aliphatic carbocycles. The minimum Gasteiger partial charge on any atom is -0.481 e. The molecular weight excluding hydrogens is 320 g/mol. The number of carbonyl (C=O) groups is 2. The van der Waals surface area contributed by atoms with Gasteiger partial charge in [-0.3, -0.25) is 9.59 Å². The zero-order valence-electron chi connectivity index (χ0n) is 14.2. The molecule has 2 aliphatic heterocycles. The summed E-state index contributed by atoms with van der Waals surface area (Å²) in [5.41, 5.74) is 0. The fourth-order valence-corrected chi connectivity index (χ4v) is 4.85. The van der Waals surface area contributed by atoms with Crippen LogP contribution in [0.2, 0.25) is 0 Å². The van der Waals surface area contributed by atoms with E-state index in [4.69, 9.17) is 0 Å². The van der Waals surface area contributed by atoms with Crippen LogP contribution in [-0.4, -0.2) is 50.0 Å². The van der Waals surface area contributed by atoms with E-state index in [1.165, 1.54) is 0 Å². The van der Waals surface area contributed by atoms with Crippen molar-refractivity contribution in [3.8, 4) is 0 Å². The zero-order chi connectivity index (χ0) is 17.4. The smallest absolute Gasteiger partial charge is 0.308 e. The van der Waals surface area contributed by atoms with Crippen molar-refractivity contribution in [2.45, 2.75) is 63.1 Å². The number of carbonyl (C=O) groups excluding carboxylic acids is 1. The lowest BCUT2D eigenvalue weighted by Gasteiger charge is -2.33. The van der Waals surface area contributed by atoms with E-state index in [1.54, 1.807) is 18.5 Å². The fraction of sp³-hybridized carbons (Fsp3) is 0.667. The number of hydrogen-bond acceptors (Lipinski definition) is 5. The maximum atomic E-state index is 13.0. The Labute approximate surface area is 146 Å². The summed E-state index contributed by atoms with van der Waals surface area (Å²) in [5, 5.41) is 12.7. The monoisotopic (exact) mass is 344 g/mol. The van der Waals surface area contributed by atoms with E-state index in [1.807, 2.05) is 4.90 Å². The molecule has 2 N–H and O–H groups in total. The van der Waals surface area contributed by atoms with Crippen LogP contribution in [0.4, 0.5) is 5.95 Å². The van der Waals surface area contributed by atoms with Crippen LogP contribution in [-0.2, 0) is 9.59 Å². The van der Waals surface area contributed by atoms with Gasteiger partial charge in [-0.2, -0.15) is 0 Å². The summed E-state index contributed by atoms with van der Waals surface area (Å²) in [6.45, 7) is 0. The number of carboxylic acids is 1. The Balaban J connectivity index is 1.34. The van der Waals surface area contributed by atoms with Crippen molar-refractivity contribution in [3.63, 3.8) is 0 Å². The highest BCUT2D eigenvalue weighted by Gasteiger charge is 2.52. The van der Waals surface area contributed by atoms with Gasteiger partial charge in [0.1, 0.15) is 0 Å². The number of aliphatic carboxylic acids is 1. The Kier molecular flexibility index (Phi) is 4.31. The Morgan fingerprint density at radius 2 is 1.80 bits per heavy atom. The molecule has 0 spiro atoms. The van der Waals surface area contributed by atoms with Crippen LogP contribution in [0.3, 0.4) is 0 Å². The third-order valence-electron chi connectivity index (χ3n) is 6.08. The molecule has 0 radical (unpaired) electrons. The lowest BCUT2D eigenvalue weighted by molar-refractivity contribution is -0.143. The Bertz CT molecular complexity index is 645. The average molecular weight is 344 g/mol. The van der Waals surface area contributed by atoms with Gasteiger partial charge in [-0.25, -0.2) is 9.97 Å². The second-order valence-corrected chi connectivity index (χ2v) is 7.49. The second-order valence-electron chi connectivity index (χ2n) is 7.49. The van der Waals surface area contributed by atoms with Crippen LogP contribution >= 0.6 is 0 Å². The number of carboxylic acid groups (broad SMARTS) is 1. The van der Waals surface area contributed by atoms with Crippen LogP contribution in [0, 0.1) is 11.8 Å². The zero-order valence-corrected chi connectivity index (χ0v) is 14.2. The van der Waals surface area contributed by atoms with Gasteiger partial charge in [0.25, 0.3) is 0 Å². The van der Waals surface area contributed by atoms with Gasteiger partial charge in [-0.05, 0) is 51.0 Å². The average Bonchev–Trinajstić information content (AvgIpc) is 3.21. The highest BCUT2D eigenvalue weighted by atomic mass is 16.4. The van der Waals surface area contributed by atoms with E-state index in [9.17, 15) is 14.7 Å². The van der Waals surface area contributed by atoms with Crippen LogP contribution < -0.4 is 5.32 Å². The van der Waals surface area contributed by atoms with Gasteiger partial charge in [0.15, 0.2) is 0 Å². The van der Waals surface area contributed by atoms with Gasteiger partial charge in [0.2, 0.25) is 11.9 Å². The topological polar surface area (TPSA) is 95.4 Å². The number of nitrogens with zero attached hydrogens (tertiary/aromatic N) is 3. The molecule has 134 valence electrons. The molecule has 1 aromatic heterocycles. The third-order valence-corrected chi connectivity index (χ3v) is 6.08. The van der Waals surface area contributed by atoms with Crippen molar-refractivity contribution in [1.29, 1.82) is 0 Å². The normalized spacial score (nSPS) is 34.1. The molecule has 3 aliphatic rings. The lowest BCUT2D eigenvalue weighted by atomic mass is 9.85. The summed E-state index contributed by atoms with van der Waals surface area (Å²) >= 11 is 0. The van der Waals surface area contributed by atoms with Gasteiger partial charge in [0.05, 0.1) is 5.92 Å². The molecule has 3 fully saturated rings. The molecule has 25 heavy (non-hydrogen) atoms. The summed E-state index contributed by atoms with van der Waals surface area (Å²) in [6, 6.07) is 2.15. The third kappa shape index (κ3) is 3.07. The van der Waals surface area contributed by atoms with E-state index < -0.39 is 5.97 Å². The standard InChI is InChI=1S/C18H24N4O3/c23-16(22-13-6-7-15(22)14(10-13)17(24)25)11-2-4-12(5-3-11)21-18-19-8-1-9-20-18/h1,8-9,11-15H,2-7,10H2,(H,24,25)(H,19,20,21)/t11?,12?,13-,14-,15+/m1/s1. The van der Waals surface area contributed by atoms with Crippen molar-refractivity contribution in [1.82, 2.24) is 14.9 Å². The highest BCUT2D eigenvalue weighted by Crippen LogP contribution is 2.43. The number of anilines is 1. The molecule has 1 amide bonds. The summed E-state index contributed by atoms with van der Waals surface area (Å²) < 4.78 is 0. The first kappa shape index (κ1) is 16.3. The van der Waals surface area contributed by atoms with E-state index in [2.05, 4.69) is 15.3 Å². The molecule has 1 saturated carbocycles. The van der Waals surface area contributed by atoms with Gasteiger partial charge in [-0.1, -0.05) is 0 Å². The van der Waals surface area contributed by atoms with E-state index in [0.717, 1.165) is 38.5 Å². The summed E-state index contributed by atoms with van der Waals surface area (Å²) in [6.07, 6.45) is 9.39. The summed E-state index contributed by atoms with van der Waals surface area (Å²) in [5.74, 6) is -0.257. The summed E-state index contributed by atoms with van der Waals surface area (Å²) in [4.78, 5) is 34.7. The maximum Gasteiger partial charge on any atom is 0.308 e. The Hall–Kier alpha value is -2.18. The predicted molar refractivity (Wildman–Crippen MR) is 90.8 cm³/mol. The number of hydrogen-bond donors (Lipinski definition) is 2. The molecule has 2 saturated heterocycles. The first-order chi connectivity index (χ1) is 12.1. The van der Waals surface area contributed by atoms with Crippen molar-refractivity contribution in [2.75, 3.05) is 5.32 Å². The molecule has 7 heteroatoms. The minimum atomic E-state index is -0.749. The van der Waals surface area contributed by atoms with Crippen molar-refractivity contribution < 1.29 is 14.7 Å². The number of aromatic nitrogens is 2. The highest BCUT2D eigenvalue weighted by molar-refractivity contribution is 5.82. The maximum absolute atomic E-state index is 13.0. The van der Waals surface area contributed by atoms with Crippen LogP contribution in [0.5, 0.6) is 0 Å². The first-order valence-corrected chi connectivity index (χ1v) is 9.22. The predicted octanol–water partition coefficient (Wildman–Crippen LogP) is 1.91. The Morgan fingerprint density at radius 3 is 2.44 bits per heavy atom. The van der Waals surface area contributed by atoms with Crippen molar-refractivity contribution in [3.05, 3.63) is 18.5 Å². The van der Waals surface area contributed by atoms with E-state index in [0.29, 0.717) is 18.4 Å². The Morgan fingerprint density at radius 1 is 1.08 bits per heavy atom. The van der Waals surface area contributed by atoms with Crippen LogP contribution in [0.1, 0.15) is 44.9 Å². The summed E-state index contributed by atoms with van der Waals surface area (Å²) in [7, 11) is 0. The molecule has 0 unspecified atom stereocenters. The number of fused-ring (bicyclic) bond motifs is 2. The number of nitrogens with one attached hydrogen (secondary N) is 1. The number of amides is 1. The van der Waals surface area contributed by atoms with E-state index in [-0.39, 0.29) is 29.8 Å². The van der Waals surface area contributed by atoms with Gasteiger partial charge >= 0.3 is 5.97 Å². The van der Waals surface area contributed by atoms with Gasteiger partial charge in [-0.15, -0.1) is 0 Å². The molecule has 7 nitrogen and oxygen atoms in total. The van der Waals surface area contributed by atoms with Crippen LogP contribution in [0.15, 0.2) is 18.5 Å². The molecule has 3 heterocycles. The number of rotatable bonds is 4.